The van der Waals surface area contributed by atoms with Crippen molar-refractivity contribution in [3.63, 3.8) is 0 Å². The van der Waals surface area contributed by atoms with Crippen LogP contribution in [0.5, 0.6) is 0 Å². The van der Waals surface area contributed by atoms with E-state index in [1.807, 2.05) is 70.4 Å². The lowest BCUT2D eigenvalue weighted by Gasteiger charge is -2.02. The standard InChI is InChI=1S/C25H18BF2/c1-17-4-6-19(7-5-17)8-9-20-15-24(27)23(25(28)16-20)13-11-21-10-12-22(26-3)14-18(21)2/h4-7,10,12,14-16H,1-3H3. The van der Waals surface area contributed by atoms with Gasteiger partial charge < -0.3 is 0 Å². The summed E-state index contributed by atoms with van der Waals surface area (Å²) >= 11 is 0. The fourth-order valence-corrected chi connectivity index (χ4v) is 2.68. The molecule has 0 aromatic heterocycles. The highest BCUT2D eigenvalue weighted by molar-refractivity contribution is 6.51. The van der Waals surface area contributed by atoms with Gasteiger partial charge in [-0.3, -0.25) is 0 Å². The van der Waals surface area contributed by atoms with Crippen LogP contribution in [0.4, 0.5) is 8.78 Å². The summed E-state index contributed by atoms with van der Waals surface area (Å²) in [6, 6.07) is 15.8. The minimum absolute atomic E-state index is 0.244. The van der Waals surface area contributed by atoms with E-state index in [1.165, 1.54) is 12.1 Å². The highest BCUT2D eigenvalue weighted by Gasteiger charge is 2.08. The normalized spacial score (nSPS) is 9.75. The van der Waals surface area contributed by atoms with Crippen LogP contribution in [0.1, 0.15) is 33.4 Å². The molecule has 28 heavy (non-hydrogen) atoms. The summed E-state index contributed by atoms with van der Waals surface area (Å²) in [4.78, 5) is 0. The molecule has 0 spiro atoms. The summed E-state index contributed by atoms with van der Waals surface area (Å²) < 4.78 is 28.8. The topological polar surface area (TPSA) is 0 Å². The van der Waals surface area contributed by atoms with Crippen LogP contribution >= 0.6 is 0 Å². The zero-order valence-electron chi connectivity index (χ0n) is 16.0. The fourth-order valence-electron chi connectivity index (χ4n) is 2.68. The molecule has 0 heterocycles. The van der Waals surface area contributed by atoms with Gasteiger partial charge in [-0.25, -0.2) is 8.78 Å². The van der Waals surface area contributed by atoms with Crippen LogP contribution in [0.2, 0.25) is 6.82 Å². The van der Waals surface area contributed by atoms with Gasteiger partial charge in [-0.2, -0.15) is 0 Å². The van der Waals surface area contributed by atoms with Crippen molar-refractivity contribution in [3.8, 4) is 23.7 Å². The van der Waals surface area contributed by atoms with E-state index in [9.17, 15) is 8.78 Å². The molecule has 3 aromatic carbocycles. The van der Waals surface area contributed by atoms with E-state index in [4.69, 9.17) is 0 Å². The molecule has 0 saturated heterocycles. The van der Waals surface area contributed by atoms with E-state index < -0.39 is 11.6 Å². The predicted molar refractivity (Wildman–Crippen MR) is 112 cm³/mol. The van der Waals surface area contributed by atoms with Gasteiger partial charge in [0, 0.05) is 16.7 Å². The van der Waals surface area contributed by atoms with Gasteiger partial charge in [-0.05, 0) is 49.7 Å². The summed E-state index contributed by atoms with van der Waals surface area (Å²) in [7, 11) is 1.99. The Balaban J connectivity index is 1.89. The minimum Gasteiger partial charge on any atom is -0.205 e. The second kappa shape index (κ2) is 8.60. The Morgan fingerprint density at radius 1 is 0.714 bits per heavy atom. The van der Waals surface area contributed by atoms with E-state index in [0.717, 1.165) is 27.7 Å². The van der Waals surface area contributed by atoms with Gasteiger partial charge in [0.25, 0.3) is 0 Å². The molecule has 0 aliphatic rings. The Hall–Kier alpha value is -3.30. The molecule has 0 aliphatic heterocycles. The minimum atomic E-state index is -0.711. The molecule has 3 aromatic rings. The van der Waals surface area contributed by atoms with Gasteiger partial charge in [0.15, 0.2) is 0 Å². The Kier molecular flexibility index (Phi) is 5.98. The van der Waals surface area contributed by atoms with E-state index in [2.05, 4.69) is 23.7 Å². The van der Waals surface area contributed by atoms with Crippen molar-refractivity contribution in [1.82, 2.24) is 0 Å². The maximum Gasteiger partial charge on any atom is 0.148 e. The van der Waals surface area contributed by atoms with Gasteiger partial charge in [-0.1, -0.05) is 65.8 Å². The molecular weight excluding hydrogens is 349 g/mol. The highest BCUT2D eigenvalue weighted by Crippen LogP contribution is 2.15. The molecule has 3 heteroatoms. The van der Waals surface area contributed by atoms with Crippen molar-refractivity contribution in [1.29, 1.82) is 0 Å². The molecular formula is C25H18BF2. The third kappa shape index (κ3) is 4.70. The third-order valence-corrected chi connectivity index (χ3v) is 4.35. The fraction of sp³-hybridized carbons (Fsp3) is 0.120. The van der Waals surface area contributed by atoms with Crippen molar-refractivity contribution in [3.05, 3.63) is 99.6 Å². The molecule has 0 unspecified atom stereocenters. The van der Waals surface area contributed by atoms with Crippen molar-refractivity contribution in [2.45, 2.75) is 20.7 Å². The number of hydrogen-bond acceptors (Lipinski definition) is 0. The van der Waals surface area contributed by atoms with Crippen LogP contribution in [0, 0.1) is 49.2 Å². The Labute approximate surface area is 165 Å². The molecule has 0 N–H and O–H groups in total. The number of benzene rings is 3. The van der Waals surface area contributed by atoms with Gasteiger partial charge in [-0.15, -0.1) is 0 Å². The van der Waals surface area contributed by atoms with E-state index in [0.29, 0.717) is 0 Å². The lowest BCUT2D eigenvalue weighted by molar-refractivity contribution is 0.577. The average molecular weight is 367 g/mol. The van der Waals surface area contributed by atoms with Gasteiger partial charge >= 0.3 is 0 Å². The Morgan fingerprint density at radius 3 is 1.96 bits per heavy atom. The summed E-state index contributed by atoms with van der Waals surface area (Å²) in [6.07, 6.45) is 0. The first kappa shape index (κ1) is 19.5. The first-order chi connectivity index (χ1) is 13.5. The van der Waals surface area contributed by atoms with Crippen LogP contribution in [0.15, 0.2) is 54.6 Å². The summed E-state index contributed by atoms with van der Waals surface area (Å²) in [6.45, 7) is 5.86. The zero-order valence-corrected chi connectivity index (χ0v) is 16.0. The van der Waals surface area contributed by atoms with Crippen LogP contribution < -0.4 is 5.46 Å². The quantitative estimate of drug-likeness (QED) is 0.430. The lowest BCUT2D eigenvalue weighted by atomic mass is 9.72. The van der Waals surface area contributed by atoms with Gasteiger partial charge in [0.05, 0.1) is 5.56 Å². The average Bonchev–Trinajstić information content (AvgIpc) is 2.68. The molecule has 135 valence electrons. The molecule has 1 radical (unpaired) electrons. The lowest BCUT2D eigenvalue weighted by Crippen LogP contribution is -2.10. The SMILES string of the molecule is C[B]c1ccc(C#Cc2c(F)cc(C#Cc3ccc(C)cc3)cc2F)c(C)c1. The molecule has 0 nitrogen and oxygen atoms in total. The van der Waals surface area contributed by atoms with Crippen LogP contribution in [-0.2, 0) is 0 Å². The van der Waals surface area contributed by atoms with Gasteiger partial charge in [0.1, 0.15) is 18.9 Å². The smallest absolute Gasteiger partial charge is 0.148 e. The second-order valence-corrected chi connectivity index (χ2v) is 6.54. The number of halogens is 2. The summed E-state index contributed by atoms with van der Waals surface area (Å²) in [5.74, 6) is 9.79. The van der Waals surface area contributed by atoms with Crippen molar-refractivity contribution >= 4 is 12.7 Å². The zero-order chi connectivity index (χ0) is 20.1. The molecule has 0 aliphatic carbocycles. The Bertz CT molecular complexity index is 1110. The van der Waals surface area contributed by atoms with Crippen molar-refractivity contribution in [2.24, 2.45) is 0 Å². The van der Waals surface area contributed by atoms with Crippen LogP contribution in [0.25, 0.3) is 0 Å². The number of hydrogen-bond donors (Lipinski definition) is 0. The second-order valence-electron chi connectivity index (χ2n) is 6.54. The van der Waals surface area contributed by atoms with Crippen LogP contribution in [0.3, 0.4) is 0 Å². The van der Waals surface area contributed by atoms with Gasteiger partial charge in [0.2, 0.25) is 0 Å². The first-order valence-corrected chi connectivity index (χ1v) is 8.96. The molecule has 3 rings (SSSR count). The molecule has 0 bridgehead atoms. The van der Waals surface area contributed by atoms with Crippen LogP contribution in [-0.4, -0.2) is 7.28 Å². The summed E-state index contributed by atoms with van der Waals surface area (Å²) in [5, 5.41) is 0. The largest absolute Gasteiger partial charge is 0.205 e. The highest BCUT2D eigenvalue weighted by atomic mass is 19.1. The maximum absolute atomic E-state index is 14.4. The van der Waals surface area contributed by atoms with Crippen molar-refractivity contribution < 1.29 is 8.78 Å². The maximum atomic E-state index is 14.4. The van der Waals surface area contributed by atoms with E-state index in [-0.39, 0.29) is 11.1 Å². The Morgan fingerprint density at radius 2 is 1.36 bits per heavy atom. The van der Waals surface area contributed by atoms with Crippen molar-refractivity contribution in [2.75, 3.05) is 0 Å². The summed E-state index contributed by atoms with van der Waals surface area (Å²) in [5.41, 5.74) is 4.74. The number of aryl methyl sites for hydroxylation is 2. The first-order valence-electron chi connectivity index (χ1n) is 8.96. The predicted octanol–water partition coefficient (Wildman–Crippen LogP) is 4.76. The van der Waals surface area contributed by atoms with E-state index >= 15 is 0 Å². The third-order valence-electron chi connectivity index (χ3n) is 4.35. The molecule has 0 atom stereocenters. The molecule has 0 amide bonds. The monoisotopic (exact) mass is 367 g/mol. The van der Waals surface area contributed by atoms with E-state index in [1.54, 1.807) is 0 Å². The molecule has 0 fully saturated rings. The molecule has 0 saturated carbocycles. The number of rotatable bonds is 1.